The van der Waals surface area contributed by atoms with E-state index in [1.54, 1.807) is 25.1 Å². The number of carbonyl (C=O) groups excluding carboxylic acids is 1. The molecule has 6 heteroatoms. The van der Waals surface area contributed by atoms with Gasteiger partial charge < -0.3 is 5.32 Å². The molecule has 0 spiro atoms. The first-order valence-electron chi connectivity index (χ1n) is 6.63. The second-order valence-electron chi connectivity index (χ2n) is 4.97. The van der Waals surface area contributed by atoms with Crippen LogP contribution in [-0.2, 0) is 14.8 Å². The molecule has 112 valence electrons. The van der Waals surface area contributed by atoms with Crippen LogP contribution >= 0.6 is 0 Å². The van der Waals surface area contributed by atoms with E-state index in [0.29, 0.717) is 0 Å². The van der Waals surface area contributed by atoms with Crippen molar-refractivity contribution < 1.29 is 13.2 Å². The predicted octanol–water partition coefficient (Wildman–Crippen LogP) is 1.53. The summed E-state index contributed by atoms with van der Waals surface area (Å²) in [6.45, 7) is 7.32. The Hall–Kier alpha value is -1.40. The lowest BCUT2D eigenvalue weighted by atomic mass is 10.2. The number of rotatable bonds is 6. The van der Waals surface area contributed by atoms with Crippen LogP contribution in [0.25, 0.3) is 0 Å². The lowest BCUT2D eigenvalue weighted by Crippen LogP contribution is -2.42. The maximum absolute atomic E-state index is 12.5. The highest BCUT2D eigenvalue weighted by Crippen LogP contribution is 2.16. The monoisotopic (exact) mass is 298 g/mol. The third kappa shape index (κ3) is 4.31. The molecule has 0 saturated carbocycles. The van der Waals surface area contributed by atoms with Crippen LogP contribution in [0.2, 0.25) is 0 Å². The number of hydrogen-bond donors (Lipinski definition) is 1. The fourth-order valence-corrected chi connectivity index (χ4v) is 3.33. The van der Waals surface area contributed by atoms with E-state index >= 15 is 0 Å². The first-order valence-corrected chi connectivity index (χ1v) is 8.07. The molecule has 0 saturated heterocycles. The Morgan fingerprint density at radius 3 is 2.50 bits per heavy atom. The topological polar surface area (TPSA) is 66.5 Å². The summed E-state index contributed by atoms with van der Waals surface area (Å²) in [6.07, 6.45) is 0. The molecule has 1 amide bonds. The lowest BCUT2D eigenvalue weighted by molar-refractivity contribution is -0.121. The van der Waals surface area contributed by atoms with E-state index in [-0.39, 0.29) is 29.9 Å². The van der Waals surface area contributed by atoms with E-state index in [2.05, 4.69) is 5.32 Å². The van der Waals surface area contributed by atoms with Crippen molar-refractivity contribution in [3.05, 3.63) is 29.8 Å². The minimum atomic E-state index is -3.63. The Morgan fingerprint density at radius 1 is 1.35 bits per heavy atom. The molecule has 5 nitrogen and oxygen atoms in total. The zero-order chi connectivity index (χ0) is 15.3. The van der Waals surface area contributed by atoms with Gasteiger partial charge in [-0.15, -0.1) is 0 Å². The average Bonchev–Trinajstić information content (AvgIpc) is 2.34. The molecule has 20 heavy (non-hydrogen) atoms. The van der Waals surface area contributed by atoms with Crippen molar-refractivity contribution >= 4 is 15.9 Å². The summed E-state index contributed by atoms with van der Waals surface area (Å²) in [5.41, 5.74) is 0.869. The van der Waals surface area contributed by atoms with Gasteiger partial charge in [0.1, 0.15) is 0 Å². The summed E-state index contributed by atoms with van der Waals surface area (Å²) >= 11 is 0. The second-order valence-corrected chi connectivity index (χ2v) is 6.91. The van der Waals surface area contributed by atoms with E-state index in [9.17, 15) is 13.2 Å². The first kappa shape index (κ1) is 16.7. The van der Waals surface area contributed by atoms with E-state index in [4.69, 9.17) is 0 Å². The number of nitrogens with one attached hydrogen (secondary N) is 1. The highest BCUT2D eigenvalue weighted by molar-refractivity contribution is 7.89. The van der Waals surface area contributed by atoms with Gasteiger partial charge in [0.15, 0.2) is 0 Å². The van der Waals surface area contributed by atoms with E-state index in [1.807, 2.05) is 26.8 Å². The van der Waals surface area contributed by atoms with Crippen molar-refractivity contribution in [2.45, 2.75) is 38.6 Å². The summed E-state index contributed by atoms with van der Waals surface area (Å²) in [5, 5.41) is 2.70. The van der Waals surface area contributed by atoms with Crippen molar-refractivity contribution in [1.82, 2.24) is 9.62 Å². The number of carbonyl (C=O) groups is 1. The van der Waals surface area contributed by atoms with Crippen LogP contribution in [0.1, 0.15) is 26.3 Å². The number of likely N-dealkylation sites (N-methyl/N-ethyl adjacent to an activating group) is 1. The van der Waals surface area contributed by atoms with Gasteiger partial charge in [0, 0.05) is 12.6 Å². The fraction of sp³-hybridized carbons (Fsp3) is 0.500. The second kappa shape index (κ2) is 6.85. The lowest BCUT2D eigenvalue weighted by Gasteiger charge is -2.21. The Bertz CT molecular complexity index is 568. The number of nitrogens with zero attached hydrogens (tertiary/aromatic N) is 1. The molecular weight excluding hydrogens is 276 g/mol. The number of amides is 1. The zero-order valence-corrected chi connectivity index (χ0v) is 13.2. The SMILES string of the molecule is CCN(CC(=O)NC(C)C)S(=O)(=O)c1cccc(C)c1. The molecule has 0 heterocycles. The van der Waals surface area contributed by atoms with E-state index in [1.165, 1.54) is 4.31 Å². The van der Waals surface area contributed by atoms with Crippen LogP contribution in [0, 0.1) is 6.92 Å². The molecule has 0 unspecified atom stereocenters. The largest absolute Gasteiger partial charge is 0.353 e. The smallest absolute Gasteiger partial charge is 0.243 e. The summed E-state index contributed by atoms with van der Waals surface area (Å²) < 4.78 is 26.1. The zero-order valence-electron chi connectivity index (χ0n) is 12.4. The minimum Gasteiger partial charge on any atom is -0.353 e. The van der Waals surface area contributed by atoms with E-state index < -0.39 is 10.0 Å². The Labute approximate surface area is 121 Å². The molecule has 0 aromatic heterocycles. The molecule has 0 fully saturated rings. The summed E-state index contributed by atoms with van der Waals surface area (Å²) in [7, 11) is -3.63. The molecule has 1 aromatic rings. The molecule has 0 aliphatic rings. The molecule has 0 aliphatic carbocycles. The predicted molar refractivity (Wildman–Crippen MR) is 78.9 cm³/mol. The van der Waals surface area contributed by atoms with E-state index in [0.717, 1.165) is 5.56 Å². The molecule has 0 atom stereocenters. The van der Waals surface area contributed by atoms with Crippen molar-refractivity contribution in [3.8, 4) is 0 Å². The van der Waals surface area contributed by atoms with Crippen LogP contribution in [0.15, 0.2) is 29.2 Å². The minimum absolute atomic E-state index is 0.0112. The van der Waals surface area contributed by atoms with Gasteiger partial charge in [-0.25, -0.2) is 8.42 Å². The standard InChI is InChI=1S/C14H22N2O3S/c1-5-16(10-14(17)15-11(2)3)20(18,19)13-8-6-7-12(4)9-13/h6-9,11H,5,10H2,1-4H3,(H,15,17). The van der Waals surface area contributed by atoms with Gasteiger partial charge in [-0.05, 0) is 38.5 Å². The molecule has 0 aliphatic heterocycles. The number of hydrogen-bond acceptors (Lipinski definition) is 3. The van der Waals surface area contributed by atoms with Gasteiger partial charge in [0.05, 0.1) is 11.4 Å². The molecular formula is C14H22N2O3S. The third-order valence-electron chi connectivity index (χ3n) is 2.75. The summed E-state index contributed by atoms with van der Waals surface area (Å²) in [5.74, 6) is -0.293. The summed E-state index contributed by atoms with van der Waals surface area (Å²) in [4.78, 5) is 12.0. The fourth-order valence-electron chi connectivity index (χ4n) is 1.82. The molecule has 1 aromatic carbocycles. The van der Waals surface area contributed by atoms with Crippen LogP contribution in [-0.4, -0.2) is 37.8 Å². The molecule has 0 bridgehead atoms. The van der Waals surface area contributed by atoms with Crippen LogP contribution in [0.3, 0.4) is 0 Å². The first-order chi connectivity index (χ1) is 9.27. The third-order valence-corrected chi connectivity index (χ3v) is 4.67. The van der Waals surface area contributed by atoms with Crippen LogP contribution in [0.5, 0.6) is 0 Å². The Morgan fingerprint density at radius 2 is 2.00 bits per heavy atom. The highest BCUT2D eigenvalue weighted by atomic mass is 32.2. The normalized spacial score (nSPS) is 11.9. The van der Waals surface area contributed by atoms with Crippen molar-refractivity contribution in [3.63, 3.8) is 0 Å². The molecule has 0 radical (unpaired) electrons. The molecule has 1 rings (SSSR count). The Balaban J connectivity index is 2.96. The van der Waals surface area contributed by atoms with Gasteiger partial charge in [-0.2, -0.15) is 4.31 Å². The highest BCUT2D eigenvalue weighted by Gasteiger charge is 2.25. The summed E-state index contributed by atoms with van der Waals surface area (Å²) in [6, 6.07) is 6.68. The number of benzene rings is 1. The quantitative estimate of drug-likeness (QED) is 0.866. The van der Waals surface area contributed by atoms with Crippen LogP contribution in [0.4, 0.5) is 0 Å². The number of sulfonamides is 1. The maximum Gasteiger partial charge on any atom is 0.243 e. The van der Waals surface area contributed by atoms with Gasteiger partial charge in [0.2, 0.25) is 15.9 Å². The van der Waals surface area contributed by atoms with Crippen molar-refractivity contribution in [1.29, 1.82) is 0 Å². The van der Waals surface area contributed by atoms with Crippen molar-refractivity contribution in [2.75, 3.05) is 13.1 Å². The Kier molecular flexibility index (Phi) is 5.71. The van der Waals surface area contributed by atoms with Crippen LogP contribution < -0.4 is 5.32 Å². The van der Waals surface area contributed by atoms with Crippen molar-refractivity contribution in [2.24, 2.45) is 0 Å². The molecule has 1 N–H and O–H groups in total. The van der Waals surface area contributed by atoms with Gasteiger partial charge >= 0.3 is 0 Å². The van der Waals surface area contributed by atoms with Gasteiger partial charge in [0.25, 0.3) is 0 Å². The van der Waals surface area contributed by atoms with Gasteiger partial charge in [-0.3, -0.25) is 4.79 Å². The maximum atomic E-state index is 12.5. The number of aryl methyl sites for hydroxylation is 1. The van der Waals surface area contributed by atoms with Gasteiger partial charge in [-0.1, -0.05) is 19.1 Å². The average molecular weight is 298 g/mol.